The molecular formula is C15H17NO7. The van der Waals surface area contributed by atoms with Crippen molar-refractivity contribution in [2.75, 3.05) is 6.61 Å². The highest BCUT2D eigenvalue weighted by atomic mass is 16.6. The average molecular weight is 323 g/mol. The lowest BCUT2D eigenvalue weighted by Gasteiger charge is -2.40. The molecule has 1 fully saturated rings. The number of carbonyl (C=O) groups is 1. The number of rotatable bonds is 3. The maximum Gasteiger partial charge on any atom is 0.287 e. The normalized spacial score (nSPS) is 31.2. The lowest BCUT2D eigenvalue weighted by atomic mass is 9.97. The highest BCUT2D eigenvalue weighted by Crippen LogP contribution is 2.22. The molecule has 2 aromatic rings. The van der Waals surface area contributed by atoms with E-state index in [1.54, 1.807) is 24.3 Å². The quantitative estimate of drug-likeness (QED) is 0.487. The molecule has 0 aliphatic carbocycles. The third kappa shape index (κ3) is 2.94. The minimum absolute atomic E-state index is 0.00405. The third-order valence-electron chi connectivity index (χ3n) is 3.85. The van der Waals surface area contributed by atoms with Crippen LogP contribution in [0.25, 0.3) is 11.0 Å². The maximum atomic E-state index is 12.2. The van der Waals surface area contributed by atoms with Gasteiger partial charge in [0.25, 0.3) is 5.91 Å². The van der Waals surface area contributed by atoms with Gasteiger partial charge in [-0.15, -0.1) is 0 Å². The Bertz CT molecular complexity index is 667. The van der Waals surface area contributed by atoms with Gasteiger partial charge in [-0.3, -0.25) is 4.79 Å². The van der Waals surface area contributed by atoms with Crippen LogP contribution in [-0.4, -0.2) is 63.6 Å². The molecule has 1 aliphatic heterocycles. The number of para-hydroxylation sites is 1. The first-order valence-electron chi connectivity index (χ1n) is 7.11. The highest BCUT2D eigenvalue weighted by Gasteiger charge is 2.44. The van der Waals surface area contributed by atoms with Gasteiger partial charge in [-0.1, -0.05) is 18.2 Å². The number of aliphatic hydroxyl groups is 4. The number of hydrogen-bond donors (Lipinski definition) is 5. The number of fused-ring (bicyclic) bond motifs is 1. The van der Waals surface area contributed by atoms with Gasteiger partial charge in [-0.25, -0.2) is 0 Å². The minimum Gasteiger partial charge on any atom is -0.451 e. The third-order valence-corrected chi connectivity index (χ3v) is 3.85. The first kappa shape index (κ1) is 15.9. The van der Waals surface area contributed by atoms with Crippen LogP contribution < -0.4 is 5.32 Å². The van der Waals surface area contributed by atoms with E-state index in [0.29, 0.717) is 5.58 Å². The molecule has 1 saturated heterocycles. The van der Waals surface area contributed by atoms with Crippen molar-refractivity contribution in [3.8, 4) is 0 Å². The Morgan fingerprint density at radius 1 is 1.17 bits per heavy atom. The van der Waals surface area contributed by atoms with Crippen molar-refractivity contribution >= 4 is 16.9 Å². The molecule has 0 bridgehead atoms. The van der Waals surface area contributed by atoms with Crippen LogP contribution in [0.3, 0.4) is 0 Å². The molecule has 1 aliphatic rings. The number of nitrogens with one attached hydrogen (secondary N) is 1. The molecule has 1 aromatic carbocycles. The van der Waals surface area contributed by atoms with Crippen LogP contribution in [0.15, 0.2) is 34.7 Å². The van der Waals surface area contributed by atoms with Gasteiger partial charge < -0.3 is 34.9 Å². The number of ether oxygens (including phenoxy) is 1. The van der Waals surface area contributed by atoms with Gasteiger partial charge in [0.1, 0.15) is 29.9 Å². The standard InChI is InChI=1S/C15H17NO7/c17-6-10-12(18)13(19)11(15(21)23-10)16-14(20)9-5-7-3-1-2-4-8(7)22-9/h1-5,10-13,15,17-19,21H,6H2,(H,16,20). The SMILES string of the molecule is O=C(NC1C(O)OC(CO)C(O)C1O)c1cc2ccccc2o1. The predicted molar refractivity (Wildman–Crippen MR) is 77.4 cm³/mol. The topological polar surface area (TPSA) is 132 Å². The van der Waals surface area contributed by atoms with Crippen molar-refractivity contribution in [1.82, 2.24) is 5.32 Å². The first-order valence-corrected chi connectivity index (χ1v) is 7.11. The van der Waals surface area contributed by atoms with Gasteiger partial charge in [-0.2, -0.15) is 0 Å². The molecule has 2 heterocycles. The summed E-state index contributed by atoms with van der Waals surface area (Å²) >= 11 is 0. The second-order valence-electron chi connectivity index (χ2n) is 5.38. The lowest BCUT2D eigenvalue weighted by molar-refractivity contribution is -0.252. The summed E-state index contributed by atoms with van der Waals surface area (Å²) < 4.78 is 10.4. The van der Waals surface area contributed by atoms with Gasteiger partial charge >= 0.3 is 0 Å². The van der Waals surface area contributed by atoms with E-state index < -0.39 is 43.2 Å². The number of carbonyl (C=O) groups excluding carboxylic acids is 1. The summed E-state index contributed by atoms with van der Waals surface area (Å²) in [5.41, 5.74) is 0.527. The molecule has 124 valence electrons. The second kappa shape index (κ2) is 6.26. The van der Waals surface area contributed by atoms with Crippen LogP contribution in [0, 0.1) is 0 Å². The molecule has 8 nitrogen and oxygen atoms in total. The largest absolute Gasteiger partial charge is 0.451 e. The molecular weight excluding hydrogens is 306 g/mol. The average Bonchev–Trinajstić information content (AvgIpc) is 2.99. The molecule has 0 spiro atoms. The van der Waals surface area contributed by atoms with E-state index in [2.05, 4.69) is 5.32 Å². The monoisotopic (exact) mass is 323 g/mol. The smallest absolute Gasteiger partial charge is 0.287 e. The molecule has 5 N–H and O–H groups in total. The molecule has 0 radical (unpaired) electrons. The highest BCUT2D eigenvalue weighted by molar-refractivity contribution is 5.96. The van der Waals surface area contributed by atoms with Crippen LogP contribution in [0.5, 0.6) is 0 Å². The number of benzene rings is 1. The molecule has 3 rings (SSSR count). The molecule has 23 heavy (non-hydrogen) atoms. The zero-order chi connectivity index (χ0) is 16.6. The van der Waals surface area contributed by atoms with E-state index in [4.69, 9.17) is 14.3 Å². The van der Waals surface area contributed by atoms with E-state index in [9.17, 15) is 20.1 Å². The van der Waals surface area contributed by atoms with Gasteiger partial charge in [0, 0.05) is 5.39 Å². The second-order valence-corrected chi connectivity index (χ2v) is 5.38. The van der Waals surface area contributed by atoms with E-state index in [0.717, 1.165) is 5.39 Å². The lowest BCUT2D eigenvalue weighted by Crippen LogP contribution is -2.64. The zero-order valence-corrected chi connectivity index (χ0v) is 12.0. The first-order chi connectivity index (χ1) is 11.0. The molecule has 5 atom stereocenters. The molecule has 8 heteroatoms. The van der Waals surface area contributed by atoms with Crippen molar-refractivity contribution in [2.24, 2.45) is 0 Å². The summed E-state index contributed by atoms with van der Waals surface area (Å²) in [6, 6.07) is 7.32. The fourth-order valence-electron chi connectivity index (χ4n) is 2.57. The fraction of sp³-hybridized carbons (Fsp3) is 0.400. The zero-order valence-electron chi connectivity index (χ0n) is 12.0. The molecule has 0 saturated carbocycles. The van der Waals surface area contributed by atoms with E-state index >= 15 is 0 Å². The van der Waals surface area contributed by atoms with Crippen LogP contribution in [0.1, 0.15) is 10.6 Å². The van der Waals surface area contributed by atoms with Crippen LogP contribution in [0.2, 0.25) is 0 Å². The summed E-state index contributed by atoms with van der Waals surface area (Å²) in [7, 11) is 0. The fourth-order valence-corrected chi connectivity index (χ4v) is 2.57. The van der Waals surface area contributed by atoms with Crippen molar-refractivity contribution in [2.45, 2.75) is 30.6 Å². The Hall–Kier alpha value is -1.97. The maximum absolute atomic E-state index is 12.2. The molecule has 1 amide bonds. The van der Waals surface area contributed by atoms with Crippen LogP contribution in [0.4, 0.5) is 0 Å². The predicted octanol–water partition coefficient (Wildman–Crippen LogP) is -1.04. The Morgan fingerprint density at radius 2 is 1.91 bits per heavy atom. The van der Waals surface area contributed by atoms with E-state index in [1.807, 2.05) is 0 Å². The number of hydrogen-bond acceptors (Lipinski definition) is 7. The number of aliphatic hydroxyl groups excluding tert-OH is 4. The Balaban J connectivity index is 1.76. The number of furan rings is 1. The Kier molecular flexibility index (Phi) is 4.33. The summed E-state index contributed by atoms with van der Waals surface area (Å²) in [5, 5.41) is 41.8. The van der Waals surface area contributed by atoms with Crippen molar-refractivity contribution in [3.63, 3.8) is 0 Å². The van der Waals surface area contributed by atoms with E-state index in [-0.39, 0.29) is 5.76 Å². The summed E-state index contributed by atoms with van der Waals surface area (Å²) in [6.07, 6.45) is -5.63. The Morgan fingerprint density at radius 3 is 2.61 bits per heavy atom. The summed E-state index contributed by atoms with van der Waals surface area (Å²) in [4.78, 5) is 12.2. The van der Waals surface area contributed by atoms with Crippen molar-refractivity contribution in [1.29, 1.82) is 0 Å². The van der Waals surface area contributed by atoms with Crippen molar-refractivity contribution in [3.05, 3.63) is 36.1 Å². The Labute approximate surface area is 130 Å². The van der Waals surface area contributed by atoms with Crippen LogP contribution in [-0.2, 0) is 4.74 Å². The molecule has 1 aromatic heterocycles. The number of amides is 1. The van der Waals surface area contributed by atoms with Crippen molar-refractivity contribution < 1.29 is 34.4 Å². The van der Waals surface area contributed by atoms with Crippen LogP contribution >= 0.6 is 0 Å². The molecule has 5 unspecified atom stereocenters. The van der Waals surface area contributed by atoms with E-state index in [1.165, 1.54) is 6.07 Å². The van der Waals surface area contributed by atoms with Gasteiger partial charge in [0.05, 0.1) is 6.61 Å². The van der Waals surface area contributed by atoms with Gasteiger partial charge in [0.2, 0.25) is 0 Å². The minimum atomic E-state index is -1.57. The van der Waals surface area contributed by atoms with Gasteiger partial charge in [-0.05, 0) is 12.1 Å². The van der Waals surface area contributed by atoms with Gasteiger partial charge in [0.15, 0.2) is 12.1 Å². The summed E-state index contributed by atoms with van der Waals surface area (Å²) in [6.45, 7) is -0.570. The summed E-state index contributed by atoms with van der Waals surface area (Å²) in [5.74, 6) is -0.660.